The van der Waals surface area contributed by atoms with Gasteiger partial charge < -0.3 is 20.5 Å². The summed E-state index contributed by atoms with van der Waals surface area (Å²) in [4.78, 5) is 25.5. The lowest BCUT2D eigenvalue weighted by Crippen LogP contribution is -2.56. The number of nitrogens with zero attached hydrogens (tertiary/aromatic N) is 1. The molecule has 3 N–H and O–H groups in total. The van der Waals surface area contributed by atoms with E-state index < -0.39 is 24.0 Å². The minimum absolute atomic E-state index is 0.122. The number of alkyl carbamates (subject to hydrolysis) is 1. The van der Waals surface area contributed by atoms with Crippen LogP contribution in [-0.4, -0.2) is 41.4 Å². The Bertz CT molecular complexity index is 586. The Morgan fingerprint density at radius 2 is 1.96 bits per heavy atom. The number of benzene rings is 1. The summed E-state index contributed by atoms with van der Waals surface area (Å²) in [5.41, 5.74) is 6.45. The van der Waals surface area contributed by atoms with E-state index >= 15 is 0 Å². The Kier molecular flexibility index (Phi) is 6.25. The smallest absolute Gasteiger partial charge is 0.411 e. The van der Waals surface area contributed by atoms with Gasteiger partial charge in [0.25, 0.3) is 0 Å². The summed E-state index contributed by atoms with van der Waals surface area (Å²) in [5.74, 6) is 0. The molecular formula is C18H27N3O4. The summed E-state index contributed by atoms with van der Waals surface area (Å²) >= 11 is 0. The molecule has 0 aliphatic carbocycles. The SMILES string of the molecule is CC(C)(C)OC(=O)NC1CCN(C(=O)OCc2ccccc2)C(N)C1. The van der Waals surface area contributed by atoms with E-state index in [1.54, 1.807) is 0 Å². The fourth-order valence-electron chi connectivity index (χ4n) is 2.63. The number of ether oxygens (including phenoxy) is 2. The van der Waals surface area contributed by atoms with Crippen molar-refractivity contribution in [2.24, 2.45) is 5.73 Å². The second kappa shape index (κ2) is 8.20. The molecule has 2 rings (SSSR count). The van der Waals surface area contributed by atoms with Gasteiger partial charge in [-0.1, -0.05) is 30.3 Å². The lowest BCUT2D eigenvalue weighted by molar-refractivity contribution is 0.0423. The van der Waals surface area contributed by atoms with E-state index in [1.807, 2.05) is 51.1 Å². The number of hydrogen-bond acceptors (Lipinski definition) is 5. The zero-order valence-corrected chi connectivity index (χ0v) is 15.0. The third-order valence-corrected chi connectivity index (χ3v) is 3.81. The van der Waals surface area contributed by atoms with Gasteiger partial charge in [-0.3, -0.25) is 4.90 Å². The summed E-state index contributed by atoms with van der Waals surface area (Å²) < 4.78 is 10.6. The first-order chi connectivity index (χ1) is 11.7. The number of carbonyl (C=O) groups is 2. The molecule has 1 saturated heterocycles. The van der Waals surface area contributed by atoms with E-state index in [4.69, 9.17) is 15.2 Å². The first kappa shape index (κ1) is 19.1. The van der Waals surface area contributed by atoms with Crippen molar-refractivity contribution < 1.29 is 19.1 Å². The van der Waals surface area contributed by atoms with Crippen LogP contribution in [0.4, 0.5) is 9.59 Å². The summed E-state index contributed by atoms with van der Waals surface area (Å²) in [6.07, 6.45) is -0.346. The van der Waals surface area contributed by atoms with E-state index in [0.717, 1.165) is 5.56 Å². The normalized spacial score (nSPS) is 20.7. The van der Waals surface area contributed by atoms with Gasteiger partial charge in [-0.25, -0.2) is 9.59 Å². The van der Waals surface area contributed by atoms with Crippen LogP contribution in [0.15, 0.2) is 30.3 Å². The molecule has 1 heterocycles. The maximum atomic E-state index is 12.2. The molecule has 1 aromatic rings. The molecule has 0 aromatic heterocycles. The van der Waals surface area contributed by atoms with Crippen LogP contribution in [0.3, 0.4) is 0 Å². The van der Waals surface area contributed by atoms with E-state index in [0.29, 0.717) is 19.4 Å². The highest BCUT2D eigenvalue weighted by molar-refractivity contribution is 5.69. The molecule has 0 saturated carbocycles. The Morgan fingerprint density at radius 1 is 1.28 bits per heavy atom. The zero-order chi connectivity index (χ0) is 18.4. The Hall–Kier alpha value is -2.28. The monoisotopic (exact) mass is 349 g/mol. The third-order valence-electron chi connectivity index (χ3n) is 3.81. The van der Waals surface area contributed by atoms with Crippen molar-refractivity contribution in [2.45, 2.75) is 58.0 Å². The van der Waals surface area contributed by atoms with Gasteiger partial charge in [0.15, 0.2) is 0 Å². The molecule has 1 aromatic carbocycles. The number of likely N-dealkylation sites (tertiary alicyclic amines) is 1. The summed E-state index contributed by atoms with van der Waals surface area (Å²) in [7, 11) is 0. The topological polar surface area (TPSA) is 93.9 Å². The number of nitrogens with one attached hydrogen (secondary N) is 1. The summed E-state index contributed by atoms with van der Waals surface area (Å²) in [6.45, 7) is 6.06. The molecule has 7 nitrogen and oxygen atoms in total. The van der Waals surface area contributed by atoms with Crippen LogP contribution in [0, 0.1) is 0 Å². The van der Waals surface area contributed by atoms with Crippen LogP contribution < -0.4 is 11.1 Å². The van der Waals surface area contributed by atoms with Gasteiger partial charge in [0.05, 0.1) is 6.17 Å². The molecule has 0 spiro atoms. The minimum Gasteiger partial charge on any atom is -0.445 e. The second-order valence-electron chi connectivity index (χ2n) is 7.17. The number of nitrogens with two attached hydrogens (primary N) is 1. The minimum atomic E-state index is -0.547. The predicted octanol–water partition coefficient (Wildman–Crippen LogP) is 2.60. The van der Waals surface area contributed by atoms with E-state index in [2.05, 4.69) is 5.32 Å². The van der Waals surface area contributed by atoms with Gasteiger partial charge in [-0.2, -0.15) is 0 Å². The number of rotatable bonds is 3. The first-order valence-electron chi connectivity index (χ1n) is 8.47. The van der Waals surface area contributed by atoms with Crippen LogP contribution in [-0.2, 0) is 16.1 Å². The van der Waals surface area contributed by atoms with Crippen molar-refractivity contribution >= 4 is 12.2 Å². The molecular weight excluding hydrogens is 322 g/mol. The lowest BCUT2D eigenvalue weighted by atomic mass is 10.0. The molecule has 2 amide bonds. The maximum Gasteiger partial charge on any atom is 0.411 e. The van der Waals surface area contributed by atoms with Crippen molar-refractivity contribution in [3.8, 4) is 0 Å². The Balaban J connectivity index is 1.78. The van der Waals surface area contributed by atoms with Gasteiger partial charge in [0, 0.05) is 19.0 Å². The summed E-state index contributed by atoms with van der Waals surface area (Å²) in [6, 6.07) is 9.35. The molecule has 1 aliphatic rings. The Morgan fingerprint density at radius 3 is 2.56 bits per heavy atom. The third kappa shape index (κ3) is 6.26. The summed E-state index contributed by atoms with van der Waals surface area (Å²) in [5, 5.41) is 2.80. The number of amides is 2. The number of carbonyl (C=O) groups excluding carboxylic acids is 2. The average molecular weight is 349 g/mol. The van der Waals surface area contributed by atoms with Crippen molar-refractivity contribution in [3.63, 3.8) is 0 Å². The fourth-order valence-corrected chi connectivity index (χ4v) is 2.63. The highest BCUT2D eigenvalue weighted by atomic mass is 16.6. The molecule has 138 valence electrons. The first-order valence-corrected chi connectivity index (χ1v) is 8.47. The highest BCUT2D eigenvalue weighted by Gasteiger charge is 2.31. The van der Waals surface area contributed by atoms with Gasteiger partial charge in [0.1, 0.15) is 12.2 Å². The van der Waals surface area contributed by atoms with Crippen molar-refractivity contribution in [3.05, 3.63) is 35.9 Å². The molecule has 0 radical (unpaired) electrons. The lowest BCUT2D eigenvalue weighted by Gasteiger charge is -2.36. The van der Waals surface area contributed by atoms with Crippen LogP contribution in [0.1, 0.15) is 39.2 Å². The number of piperidine rings is 1. The molecule has 0 bridgehead atoms. The van der Waals surface area contributed by atoms with Gasteiger partial charge in [-0.05, 0) is 32.8 Å². The largest absolute Gasteiger partial charge is 0.445 e. The second-order valence-corrected chi connectivity index (χ2v) is 7.17. The standard InChI is InChI=1S/C18H27N3O4/c1-18(2,3)25-16(22)20-14-9-10-21(15(19)11-14)17(23)24-12-13-7-5-4-6-8-13/h4-8,14-15H,9-12,19H2,1-3H3,(H,20,22). The molecule has 1 aliphatic heterocycles. The molecule has 1 fully saturated rings. The van der Waals surface area contributed by atoms with Gasteiger partial charge in [0.2, 0.25) is 0 Å². The van der Waals surface area contributed by atoms with E-state index in [-0.39, 0.29) is 12.6 Å². The van der Waals surface area contributed by atoms with Crippen molar-refractivity contribution in [2.75, 3.05) is 6.54 Å². The molecule has 2 atom stereocenters. The maximum absolute atomic E-state index is 12.2. The zero-order valence-electron chi connectivity index (χ0n) is 15.0. The predicted molar refractivity (Wildman–Crippen MR) is 93.7 cm³/mol. The highest BCUT2D eigenvalue weighted by Crippen LogP contribution is 2.17. The Labute approximate surface area is 148 Å². The fraction of sp³-hybridized carbons (Fsp3) is 0.556. The van der Waals surface area contributed by atoms with Crippen LogP contribution in [0.2, 0.25) is 0 Å². The quantitative estimate of drug-likeness (QED) is 0.875. The van der Waals surface area contributed by atoms with Gasteiger partial charge in [-0.15, -0.1) is 0 Å². The number of hydrogen-bond donors (Lipinski definition) is 2. The molecule has 7 heteroatoms. The van der Waals surface area contributed by atoms with Crippen molar-refractivity contribution in [1.82, 2.24) is 10.2 Å². The molecule has 25 heavy (non-hydrogen) atoms. The van der Waals surface area contributed by atoms with Crippen LogP contribution in [0.25, 0.3) is 0 Å². The van der Waals surface area contributed by atoms with E-state index in [9.17, 15) is 9.59 Å². The van der Waals surface area contributed by atoms with Gasteiger partial charge >= 0.3 is 12.2 Å². The molecule has 2 unspecified atom stereocenters. The van der Waals surface area contributed by atoms with Crippen LogP contribution in [0.5, 0.6) is 0 Å². The van der Waals surface area contributed by atoms with E-state index in [1.165, 1.54) is 4.90 Å². The average Bonchev–Trinajstić information content (AvgIpc) is 2.52. The van der Waals surface area contributed by atoms with Crippen molar-refractivity contribution in [1.29, 1.82) is 0 Å². The van der Waals surface area contributed by atoms with Crippen LogP contribution >= 0.6 is 0 Å².